The highest BCUT2D eigenvalue weighted by atomic mass is 32.2. The third kappa shape index (κ3) is 1.89. The van der Waals surface area contributed by atoms with Gasteiger partial charge < -0.3 is 5.73 Å². The second kappa shape index (κ2) is 4.04. The van der Waals surface area contributed by atoms with E-state index in [0.717, 1.165) is 34.1 Å². The van der Waals surface area contributed by atoms with Crippen molar-refractivity contribution in [2.45, 2.75) is 18.6 Å². The Hall–Kier alpha value is -1.55. The highest BCUT2D eigenvalue weighted by molar-refractivity contribution is 8.03. The number of aliphatic imine (C=N–C) groups is 2. The van der Waals surface area contributed by atoms with E-state index < -0.39 is 0 Å². The predicted octanol–water partition coefficient (Wildman–Crippen LogP) is 2.55. The molecule has 2 heterocycles. The Morgan fingerprint density at radius 2 is 2.35 bits per heavy atom. The first-order valence-corrected chi connectivity index (χ1v) is 6.49. The molecule has 2 aliphatic heterocycles. The summed E-state index contributed by atoms with van der Waals surface area (Å²) in [5.74, 6) is 0. The lowest BCUT2D eigenvalue weighted by molar-refractivity contribution is 1.17. The molecular weight excluding hydrogens is 230 g/mol. The minimum absolute atomic E-state index is 0.371. The Balaban J connectivity index is 2.10. The Morgan fingerprint density at radius 3 is 3.24 bits per heavy atom. The molecule has 0 saturated heterocycles. The van der Waals surface area contributed by atoms with Crippen LogP contribution in [0.3, 0.4) is 0 Å². The number of nitrogens with two attached hydrogens (primary N) is 1. The van der Waals surface area contributed by atoms with Gasteiger partial charge in [0.2, 0.25) is 0 Å². The van der Waals surface area contributed by atoms with Crippen LogP contribution in [0.5, 0.6) is 0 Å². The second-order valence-electron chi connectivity index (χ2n) is 4.16. The van der Waals surface area contributed by atoms with Crippen LogP contribution in [0.1, 0.15) is 13.3 Å². The van der Waals surface area contributed by atoms with E-state index >= 15 is 0 Å². The fourth-order valence-corrected chi connectivity index (χ4v) is 3.00. The molecule has 3 rings (SSSR count). The summed E-state index contributed by atoms with van der Waals surface area (Å²) in [4.78, 5) is 9.18. The third-order valence-corrected chi connectivity index (χ3v) is 3.86. The summed E-state index contributed by atoms with van der Waals surface area (Å²) < 4.78 is 0. The molecule has 0 bridgehead atoms. The van der Waals surface area contributed by atoms with E-state index in [1.807, 2.05) is 18.4 Å². The molecule has 0 saturated carbocycles. The number of rotatable bonds is 0. The van der Waals surface area contributed by atoms with Gasteiger partial charge in [0.1, 0.15) is 5.03 Å². The first kappa shape index (κ1) is 10.6. The molecule has 1 unspecified atom stereocenters. The van der Waals surface area contributed by atoms with Gasteiger partial charge >= 0.3 is 0 Å². The maximum atomic E-state index is 6.03. The van der Waals surface area contributed by atoms with Crippen LogP contribution in [-0.2, 0) is 0 Å². The summed E-state index contributed by atoms with van der Waals surface area (Å²) in [6.45, 7) is 2.13. The van der Waals surface area contributed by atoms with Crippen LogP contribution < -0.4 is 5.73 Å². The topological polar surface area (TPSA) is 50.7 Å². The van der Waals surface area contributed by atoms with Crippen LogP contribution in [0.15, 0.2) is 56.3 Å². The fourth-order valence-electron chi connectivity index (χ4n) is 1.97. The highest BCUT2D eigenvalue weighted by Gasteiger charge is 2.21. The minimum Gasteiger partial charge on any atom is -0.398 e. The molecule has 17 heavy (non-hydrogen) atoms. The van der Waals surface area contributed by atoms with Crippen molar-refractivity contribution < 1.29 is 0 Å². The Bertz CT molecular complexity index is 547. The van der Waals surface area contributed by atoms with Crippen molar-refractivity contribution in [1.82, 2.24) is 0 Å². The standard InChI is InChI=1S/C13H13N3S/c1-8-6-10(14)9-7-15-11-4-2-3-5-12(11)16-13(9)17-8/h2-4,6-8H,5,14H2,1H3. The molecule has 4 heteroatoms. The van der Waals surface area contributed by atoms with Crippen molar-refractivity contribution in [2.24, 2.45) is 15.7 Å². The van der Waals surface area contributed by atoms with Gasteiger partial charge in [-0.15, -0.1) is 0 Å². The average molecular weight is 243 g/mol. The number of fused-ring (bicyclic) bond motifs is 1. The molecule has 3 aliphatic rings. The van der Waals surface area contributed by atoms with Crippen LogP contribution >= 0.6 is 11.8 Å². The molecule has 1 atom stereocenters. The SMILES string of the molecule is CC1C=C(N)C2=C(N=C3CC=CC=C3N=C2)S1. The zero-order valence-electron chi connectivity index (χ0n) is 9.55. The van der Waals surface area contributed by atoms with Crippen LogP contribution in [0.2, 0.25) is 0 Å². The lowest BCUT2D eigenvalue weighted by Gasteiger charge is -2.17. The summed E-state index contributed by atoms with van der Waals surface area (Å²) in [6, 6.07) is 0. The van der Waals surface area contributed by atoms with Gasteiger partial charge in [-0.1, -0.05) is 23.9 Å². The minimum atomic E-state index is 0.371. The predicted molar refractivity (Wildman–Crippen MR) is 74.1 cm³/mol. The molecule has 0 aromatic heterocycles. The lowest BCUT2D eigenvalue weighted by atomic mass is 10.1. The molecule has 0 radical (unpaired) electrons. The van der Waals surface area contributed by atoms with Gasteiger partial charge in [-0.2, -0.15) is 0 Å². The largest absolute Gasteiger partial charge is 0.398 e. The molecular formula is C13H13N3S. The van der Waals surface area contributed by atoms with Gasteiger partial charge in [-0.3, -0.25) is 4.99 Å². The quantitative estimate of drug-likeness (QED) is 0.710. The zero-order valence-corrected chi connectivity index (χ0v) is 10.4. The van der Waals surface area contributed by atoms with E-state index in [1.165, 1.54) is 0 Å². The smallest absolute Gasteiger partial charge is 0.108 e. The van der Waals surface area contributed by atoms with Crippen LogP contribution in [-0.4, -0.2) is 17.2 Å². The molecule has 2 N–H and O–H groups in total. The van der Waals surface area contributed by atoms with Crippen molar-refractivity contribution >= 4 is 23.7 Å². The number of hydrogen-bond donors (Lipinski definition) is 1. The van der Waals surface area contributed by atoms with Crippen LogP contribution in [0.25, 0.3) is 0 Å². The monoisotopic (exact) mass is 243 g/mol. The number of hydrogen-bond acceptors (Lipinski definition) is 4. The van der Waals surface area contributed by atoms with Gasteiger partial charge in [0.15, 0.2) is 0 Å². The van der Waals surface area contributed by atoms with E-state index in [0.29, 0.717) is 5.25 Å². The Labute approximate surface area is 105 Å². The van der Waals surface area contributed by atoms with Crippen molar-refractivity contribution in [2.75, 3.05) is 0 Å². The van der Waals surface area contributed by atoms with Gasteiger partial charge in [0, 0.05) is 29.2 Å². The van der Waals surface area contributed by atoms with Gasteiger partial charge in [0.05, 0.1) is 11.4 Å². The summed E-state index contributed by atoms with van der Waals surface area (Å²) in [6.07, 6.45) is 10.8. The molecule has 86 valence electrons. The summed E-state index contributed by atoms with van der Waals surface area (Å²) >= 11 is 1.74. The van der Waals surface area contributed by atoms with Gasteiger partial charge in [-0.05, 0) is 19.1 Å². The summed E-state index contributed by atoms with van der Waals surface area (Å²) in [7, 11) is 0. The second-order valence-corrected chi connectivity index (χ2v) is 5.53. The molecule has 0 aromatic carbocycles. The molecule has 3 nitrogen and oxygen atoms in total. The van der Waals surface area contributed by atoms with Crippen LogP contribution in [0, 0.1) is 0 Å². The van der Waals surface area contributed by atoms with E-state index in [4.69, 9.17) is 10.7 Å². The lowest BCUT2D eigenvalue weighted by Crippen LogP contribution is -2.12. The number of allylic oxidation sites excluding steroid dienone is 5. The van der Waals surface area contributed by atoms with Crippen molar-refractivity contribution in [3.8, 4) is 0 Å². The Morgan fingerprint density at radius 1 is 1.47 bits per heavy atom. The maximum absolute atomic E-state index is 6.03. The zero-order chi connectivity index (χ0) is 11.8. The maximum Gasteiger partial charge on any atom is 0.108 e. The van der Waals surface area contributed by atoms with E-state index in [-0.39, 0.29) is 0 Å². The number of thioether (sulfide) groups is 1. The van der Waals surface area contributed by atoms with Crippen molar-refractivity contribution in [3.05, 3.63) is 46.3 Å². The van der Waals surface area contributed by atoms with Crippen LogP contribution in [0.4, 0.5) is 0 Å². The number of nitrogens with zero attached hydrogens (tertiary/aromatic N) is 2. The third-order valence-electron chi connectivity index (χ3n) is 2.82. The van der Waals surface area contributed by atoms with Gasteiger partial charge in [0.25, 0.3) is 0 Å². The van der Waals surface area contributed by atoms with E-state index in [1.54, 1.807) is 11.8 Å². The first-order chi connectivity index (χ1) is 8.24. The highest BCUT2D eigenvalue weighted by Crippen LogP contribution is 2.35. The summed E-state index contributed by atoms with van der Waals surface area (Å²) in [5, 5.41) is 1.37. The molecule has 1 aliphatic carbocycles. The van der Waals surface area contributed by atoms with Gasteiger partial charge in [-0.25, -0.2) is 4.99 Å². The van der Waals surface area contributed by atoms with Crippen molar-refractivity contribution in [1.29, 1.82) is 0 Å². The van der Waals surface area contributed by atoms with E-state index in [9.17, 15) is 0 Å². The molecule has 0 spiro atoms. The normalized spacial score (nSPS) is 26.6. The fraction of sp³-hybridized carbons (Fsp3) is 0.231. The first-order valence-electron chi connectivity index (χ1n) is 5.61. The van der Waals surface area contributed by atoms with Crippen molar-refractivity contribution in [3.63, 3.8) is 0 Å². The molecule has 0 amide bonds. The molecule has 0 fully saturated rings. The molecule has 0 aromatic rings. The average Bonchev–Trinajstić information content (AvgIpc) is 2.47. The van der Waals surface area contributed by atoms with E-state index in [2.05, 4.69) is 24.1 Å². The Kier molecular flexibility index (Phi) is 2.52. The summed E-state index contributed by atoms with van der Waals surface area (Å²) in [5.41, 5.74) is 9.75.